The highest BCUT2D eigenvalue weighted by atomic mass is 19.4. The van der Waals surface area contributed by atoms with Gasteiger partial charge in [-0.15, -0.1) is 13.2 Å². The SMILES string of the molecule is COc1ccc(C2/C(=C(/O)c3ccc(OC)cc3C)C(=O)C(=O)N2c2ccc(OC(F)(F)F)cc2)cc1. The number of carbonyl (C=O) groups is 2. The molecule has 0 saturated carbocycles. The van der Waals surface area contributed by atoms with Crippen molar-refractivity contribution in [2.24, 2.45) is 0 Å². The Bertz CT molecular complexity index is 1360. The number of aryl methyl sites for hydroxylation is 1. The first kappa shape index (κ1) is 25.6. The summed E-state index contributed by atoms with van der Waals surface area (Å²) in [6.07, 6.45) is -4.88. The summed E-state index contributed by atoms with van der Waals surface area (Å²) in [5.41, 5.74) is 1.38. The lowest BCUT2D eigenvalue weighted by Crippen LogP contribution is -2.29. The number of hydrogen-bond donors (Lipinski definition) is 1. The molecule has 1 heterocycles. The van der Waals surface area contributed by atoms with Crippen LogP contribution in [-0.4, -0.2) is 37.4 Å². The van der Waals surface area contributed by atoms with Crippen LogP contribution in [0.2, 0.25) is 0 Å². The number of aliphatic hydroxyl groups is 1. The molecule has 1 atom stereocenters. The molecule has 0 spiro atoms. The van der Waals surface area contributed by atoms with Crippen LogP contribution in [0.1, 0.15) is 22.7 Å². The van der Waals surface area contributed by atoms with E-state index >= 15 is 0 Å². The van der Waals surface area contributed by atoms with Gasteiger partial charge in [0.05, 0.1) is 25.8 Å². The van der Waals surface area contributed by atoms with Crippen LogP contribution in [0.4, 0.5) is 18.9 Å². The van der Waals surface area contributed by atoms with Gasteiger partial charge in [0, 0.05) is 11.3 Å². The molecular formula is C27H22F3NO6. The van der Waals surface area contributed by atoms with Gasteiger partial charge >= 0.3 is 6.36 Å². The number of anilines is 1. The molecule has 37 heavy (non-hydrogen) atoms. The summed E-state index contributed by atoms with van der Waals surface area (Å²) in [5.74, 6) is -1.69. The minimum Gasteiger partial charge on any atom is -0.507 e. The highest BCUT2D eigenvalue weighted by Crippen LogP contribution is 2.43. The van der Waals surface area contributed by atoms with Gasteiger partial charge in [-0.05, 0) is 72.6 Å². The zero-order chi connectivity index (χ0) is 26.9. The van der Waals surface area contributed by atoms with Crippen molar-refractivity contribution in [1.82, 2.24) is 0 Å². The number of halogens is 3. The van der Waals surface area contributed by atoms with E-state index in [1.165, 1.54) is 26.4 Å². The second-order valence-corrected chi connectivity index (χ2v) is 8.16. The van der Waals surface area contributed by atoms with E-state index in [-0.39, 0.29) is 17.0 Å². The van der Waals surface area contributed by atoms with Crippen molar-refractivity contribution in [3.05, 3.63) is 89.0 Å². The predicted molar refractivity (Wildman–Crippen MR) is 129 cm³/mol. The normalized spacial score (nSPS) is 17.1. The van der Waals surface area contributed by atoms with Crippen LogP contribution in [0.5, 0.6) is 17.2 Å². The Morgan fingerprint density at radius 3 is 1.97 bits per heavy atom. The molecule has 3 aromatic carbocycles. The number of methoxy groups -OCH3 is 2. The van der Waals surface area contributed by atoms with Crippen LogP contribution in [0, 0.1) is 6.92 Å². The molecule has 1 fully saturated rings. The first-order chi connectivity index (χ1) is 17.5. The van der Waals surface area contributed by atoms with Gasteiger partial charge in [0.25, 0.3) is 11.7 Å². The topological polar surface area (TPSA) is 85.3 Å². The van der Waals surface area contributed by atoms with E-state index in [9.17, 15) is 27.9 Å². The lowest BCUT2D eigenvalue weighted by Gasteiger charge is -2.26. The monoisotopic (exact) mass is 513 g/mol. The fourth-order valence-corrected chi connectivity index (χ4v) is 4.18. The third-order valence-electron chi connectivity index (χ3n) is 5.91. The number of hydrogen-bond acceptors (Lipinski definition) is 6. The second kappa shape index (κ2) is 9.88. The predicted octanol–water partition coefficient (Wildman–Crippen LogP) is 5.54. The highest BCUT2D eigenvalue weighted by Gasteiger charge is 2.47. The number of carbonyl (C=O) groups excluding carboxylic acids is 2. The zero-order valence-corrected chi connectivity index (χ0v) is 20.0. The molecule has 0 radical (unpaired) electrons. The Morgan fingerprint density at radius 1 is 0.865 bits per heavy atom. The number of aliphatic hydroxyl groups excluding tert-OH is 1. The van der Waals surface area contributed by atoms with E-state index in [0.29, 0.717) is 28.2 Å². The zero-order valence-electron chi connectivity index (χ0n) is 20.0. The number of rotatable bonds is 6. The number of benzene rings is 3. The number of ketones is 1. The van der Waals surface area contributed by atoms with E-state index in [1.54, 1.807) is 49.4 Å². The highest BCUT2D eigenvalue weighted by molar-refractivity contribution is 6.51. The molecule has 1 amide bonds. The first-order valence-electron chi connectivity index (χ1n) is 11.0. The van der Waals surface area contributed by atoms with Crippen molar-refractivity contribution in [2.75, 3.05) is 19.1 Å². The average Bonchev–Trinajstić information content (AvgIpc) is 3.13. The molecule has 3 aromatic rings. The van der Waals surface area contributed by atoms with Gasteiger partial charge in [0.1, 0.15) is 23.0 Å². The molecule has 1 aliphatic rings. The van der Waals surface area contributed by atoms with E-state index in [1.807, 2.05) is 0 Å². The van der Waals surface area contributed by atoms with Gasteiger partial charge < -0.3 is 19.3 Å². The molecule has 0 bridgehead atoms. The minimum absolute atomic E-state index is 0.142. The van der Waals surface area contributed by atoms with Crippen molar-refractivity contribution in [3.8, 4) is 17.2 Å². The smallest absolute Gasteiger partial charge is 0.507 e. The number of amides is 1. The lowest BCUT2D eigenvalue weighted by atomic mass is 9.93. The van der Waals surface area contributed by atoms with Gasteiger partial charge in [-0.1, -0.05) is 12.1 Å². The molecule has 1 N–H and O–H groups in total. The molecule has 0 aromatic heterocycles. The average molecular weight is 513 g/mol. The van der Waals surface area contributed by atoms with Gasteiger partial charge in [-0.3, -0.25) is 14.5 Å². The van der Waals surface area contributed by atoms with Crippen LogP contribution in [0.3, 0.4) is 0 Å². The van der Waals surface area contributed by atoms with Gasteiger partial charge in [0.15, 0.2) is 0 Å². The second-order valence-electron chi connectivity index (χ2n) is 8.16. The Labute approximate surface area is 210 Å². The molecule has 1 unspecified atom stereocenters. The van der Waals surface area contributed by atoms with Crippen LogP contribution in [-0.2, 0) is 9.59 Å². The molecule has 192 valence electrons. The molecular weight excluding hydrogens is 491 g/mol. The molecule has 7 nitrogen and oxygen atoms in total. The number of nitrogens with zero attached hydrogens (tertiary/aromatic N) is 1. The molecule has 1 aliphatic heterocycles. The Hall–Kier alpha value is -4.47. The summed E-state index contributed by atoms with van der Waals surface area (Å²) in [4.78, 5) is 27.6. The molecule has 10 heteroatoms. The van der Waals surface area contributed by atoms with Crippen molar-refractivity contribution in [1.29, 1.82) is 0 Å². The summed E-state index contributed by atoms with van der Waals surface area (Å²) in [5, 5.41) is 11.3. The Morgan fingerprint density at radius 2 is 1.43 bits per heavy atom. The molecule has 0 aliphatic carbocycles. The van der Waals surface area contributed by atoms with Crippen LogP contribution >= 0.6 is 0 Å². The van der Waals surface area contributed by atoms with Gasteiger partial charge in [-0.25, -0.2) is 0 Å². The maximum absolute atomic E-state index is 13.3. The maximum atomic E-state index is 13.3. The summed E-state index contributed by atoms with van der Waals surface area (Å²) >= 11 is 0. The fraction of sp³-hybridized carbons (Fsp3) is 0.185. The summed E-state index contributed by atoms with van der Waals surface area (Å²) in [6.45, 7) is 1.72. The van der Waals surface area contributed by atoms with E-state index in [4.69, 9.17) is 9.47 Å². The molecule has 1 saturated heterocycles. The number of alkyl halides is 3. The summed E-state index contributed by atoms with van der Waals surface area (Å²) in [7, 11) is 2.98. The third-order valence-corrected chi connectivity index (χ3v) is 5.91. The van der Waals surface area contributed by atoms with E-state index in [0.717, 1.165) is 17.0 Å². The Kier molecular flexibility index (Phi) is 6.84. The third kappa shape index (κ3) is 5.09. The largest absolute Gasteiger partial charge is 0.573 e. The standard InChI is InChI=1S/C27H22F3NO6/c1-15-14-20(36-3)12-13-21(15)24(32)22-23(16-4-8-18(35-2)9-5-16)31(26(34)25(22)33)17-6-10-19(11-7-17)37-27(28,29)30/h4-14,23,32H,1-3H3/b24-22-. The van der Waals surface area contributed by atoms with Crippen LogP contribution < -0.4 is 19.1 Å². The lowest BCUT2D eigenvalue weighted by molar-refractivity contribution is -0.274. The first-order valence-corrected chi connectivity index (χ1v) is 11.0. The van der Waals surface area contributed by atoms with E-state index in [2.05, 4.69) is 4.74 Å². The van der Waals surface area contributed by atoms with Gasteiger partial charge in [-0.2, -0.15) is 0 Å². The van der Waals surface area contributed by atoms with Gasteiger partial charge in [0.2, 0.25) is 0 Å². The van der Waals surface area contributed by atoms with Crippen LogP contribution in [0.25, 0.3) is 5.76 Å². The quantitative estimate of drug-likeness (QED) is 0.265. The van der Waals surface area contributed by atoms with Crippen molar-refractivity contribution in [2.45, 2.75) is 19.3 Å². The summed E-state index contributed by atoms with van der Waals surface area (Å²) < 4.78 is 52.1. The van der Waals surface area contributed by atoms with E-state index < -0.39 is 29.8 Å². The summed E-state index contributed by atoms with van der Waals surface area (Å²) in [6, 6.07) is 14.9. The van der Waals surface area contributed by atoms with Crippen molar-refractivity contribution >= 4 is 23.1 Å². The number of ether oxygens (including phenoxy) is 3. The minimum atomic E-state index is -4.88. The molecule has 4 rings (SSSR count). The van der Waals surface area contributed by atoms with Crippen molar-refractivity contribution < 1.29 is 42.1 Å². The maximum Gasteiger partial charge on any atom is 0.573 e. The van der Waals surface area contributed by atoms with Crippen molar-refractivity contribution in [3.63, 3.8) is 0 Å². The Balaban J connectivity index is 1.87. The number of Topliss-reactive ketones (excluding diaryl/α,β-unsaturated/α-hetero) is 1. The van der Waals surface area contributed by atoms with Crippen LogP contribution in [0.15, 0.2) is 72.3 Å². The fourth-order valence-electron chi connectivity index (χ4n) is 4.18.